The van der Waals surface area contributed by atoms with E-state index in [9.17, 15) is 0 Å². The van der Waals surface area contributed by atoms with Gasteiger partial charge in [-0.3, -0.25) is 0 Å². The maximum Gasteiger partial charge on any atom is 0.0167 e. The summed E-state index contributed by atoms with van der Waals surface area (Å²) in [4.78, 5) is 4.24. The van der Waals surface area contributed by atoms with Gasteiger partial charge in [-0.2, -0.15) is 0 Å². The predicted molar refractivity (Wildman–Crippen MR) is 65.6 cm³/mol. The molecule has 0 saturated carbocycles. The third-order valence-electron chi connectivity index (χ3n) is 4.83. The number of piperidine rings is 1. The van der Waals surface area contributed by atoms with Crippen molar-refractivity contribution in [1.29, 1.82) is 0 Å². The van der Waals surface area contributed by atoms with Crippen LogP contribution in [0.4, 0.5) is 0 Å². The molecule has 2 bridgehead atoms. The normalized spacial score (nSPS) is 40.2. The fourth-order valence-corrected chi connectivity index (χ4v) is 4.71. The van der Waals surface area contributed by atoms with Gasteiger partial charge in [-0.25, -0.2) is 0 Å². The van der Waals surface area contributed by atoms with E-state index in [-0.39, 0.29) is 0 Å². The van der Waals surface area contributed by atoms with Crippen LogP contribution in [0.15, 0.2) is 11.4 Å². The Morgan fingerprint density at radius 1 is 1.53 bits per heavy atom. The van der Waals surface area contributed by atoms with Crippen LogP contribution >= 0.6 is 11.3 Å². The van der Waals surface area contributed by atoms with Crippen LogP contribution in [0.1, 0.15) is 30.7 Å². The van der Waals surface area contributed by atoms with Gasteiger partial charge in [-0.05, 0) is 49.4 Å². The van der Waals surface area contributed by atoms with Crippen molar-refractivity contribution in [2.24, 2.45) is 5.92 Å². The molecule has 15 heavy (non-hydrogen) atoms. The molecule has 1 saturated heterocycles. The van der Waals surface area contributed by atoms with E-state index in [1.54, 1.807) is 10.4 Å². The Balaban J connectivity index is 2.13. The van der Waals surface area contributed by atoms with Crippen LogP contribution in [0.3, 0.4) is 0 Å². The van der Waals surface area contributed by atoms with E-state index >= 15 is 0 Å². The third kappa shape index (κ3) is 1.18. The number of hydrogen-bond acceptors (Lipinski definition) is 2. The molecule has 2 aliphatic rings. The van der Waals surface area contributed by atoms with Gasteiger partial charge in [0.05, 0.1) is 0 Å². The summed E-state index contributed by atoms with van der Waals surface area (Å²) in [5.41, 5.74) is 2.08. The summed E-state index contributed by atoms with van der Waals surface area (Å²) in [6.45, 7) is 6.19. The quantitative estimate of drug-likeness (QED) is 0.651. The molecule has 0 N–H and O–H groups in total. The molecule has 1 aromatic heterocycles. The fraction of sp³-hybridized carbons (Fsp3) is 0.692. The van der Waals surface area contributed by atoms with E-state index in [1.807, 2.05) is 11.3 Å². The Bertz CT molecular complexity index is 384. The first-order chi connectivity index (χ1) is 7.13. The van der Waals surface area contributed by atoms with Gasteiger partial charge in [-0.1, -0.05) is 13.8 Å². The van der Waals surface area contributed by atoms with E-state index in [0.717, 1.165) is 12.0 Å². The number of likely N-dealkylation sites (tertiary alicyclic amines) is 1. The average molecular weight is 221 g/mol. The van der Waals surface area contributed by atoms with Gasteiger partial charge >= 0.3 is 0 Å². The van der Waals surface area contributed by atoms with Gasteiger partial charge in [-0.15, -0.1) is 11.3 Å². The summed E-state index contributed by atoms with van der Waals surface area (Å²) in [6, 6.07) is 3.11. The van der Waals surface area contributed by atoms with Gasteiger partial charge < -0.3 is 4.90 Å². The van der Waals surface area contributed by atoms with Crippen LogP contribution < -0.4 is 0 Å². The van der Waals surface area contributed by atoms with E-state index in [2.05, 4.69) is 37.2 Å². The summed E-state index contributed by atoms with van der Waals surface area (Å²) in [5.74, 6) is 0.808. The number of fused-ring (bicyclic) bond motifs is 4. The minimum absolute atomic E-state index is 0.457. The Kier molecular flexibility index (Phi) is 2.02. The second-order valence-corrected chi connectivity index (χ2v) is 6.40. The molecule has 1 aliphatic carbocycles. The van der Waals surface area contributed by atoms with Crippen LogP contribution in [0.5, 0.6) is 0 Å². The van der Waals surface area contributed by atoms with Crippen LogP contribution in [0.25, 0.3) is 0 Å². The molecule has 82 valence electrons. The molecule has 1 aliphatic heterocycles. The summed E-state index contributed by atoms with van der Waals surface area (Å²) >= 11 is 1.98. The zero-order valence-electron chi connectivity index (χ0n) is 9.79. The van der Waals surface area contributed by atoms with Gasteiger partial charge in [0.15, 0.2) is 0 Å². The summed E-state index contributed by atoms with van der Waals surface area (Å²) in [6.07, 6.45) is 2.60. The summed E-state index contributed by atoms with van der Waals surface area (Å²) < 4.78 is 0. The Morgan fingerprint density at radius 3 is 3.13 bits per heavy atom. The highest BCUT2D eigenvalue weighted by Crippen LogP contribution is 2.49. The van der Waals surface area contributed by atoms with E-state index < -0.39 is 0 Å². The van der Waals surface area contributed by atoms with Gasteiger partial charge in [0.1, 0.15) is 0 Å². The molecule has 0 amide bonds. The van der Waals surface area contributed by atoms with Gasteiger partial charge in [0.2, 0.25) is 0 Å². The topological polar surface area (TPSA) is 3.24 Å². The summed E-state index contributed by atoms with van der Waals surface area (Å²) in [5, 5.41) is 2.28. The molecule has 1 nitrogen and oxygen atoms in total. The standard InChI is InChI=1S/C13H19NS/c1-9-11-8-10-4-7-15-12(10)13(9,2)5-6-14(11)3/h4,7,9,11H,5-6,8H2,1-3H3/t9-,11?,13+/m0/s1. The second kappa shape index (κ2) is 3.08. The van der Waals surface area contributed by atoms with Crippen LogP contribution in [-0.2, 0) is 11.8 Å². The minimum atomic E-state index is 0.457. The number of rotatable bonds is 0. The lowest BCUT2D eigenvalue weighted by molar-refractivity contribution is 0.0532. The average Bonchev–Trinajstić information content (AvgIpc) is 2.66. The van der Waals surface area contributed by atoms with Crippen LogP contribution in [0, 0.1) is 5.92 Å². The first-order valence-corrected chi connectivity index (χ1v) is 6.78. The minimum Gasteiger partial charge on any atom is -0.303 e. The Morgan fingerprint density at radius 2 is 2.33 bits per heavy atom. The highest BCUT2D eigenvalue weighted by molar-refractivity contribution is 7.10. The smallest absolute Gasteiger partial charge is 0.0167 e. The number of likely N-dealkylation sites (N-methyl/N-ethyl adjacent to an activating group) is 1. The van der Waals surface area contributed by atoms with E-state index in [4.69, 9.17) is 0 Å². The highest BCUT2D eigenvalue weighted by Gasteiger charge is 2.47. The molecule has 0 radical (unpaired) electrons. The molecule has 3 rings (SSSR count). The molecule has 1 unspecified atom stereocenters. The third-order valence-corrected chi connectivity index (χ3v) is 6.06. The van der Waals surface area contributed by atoms with Crippen molar-refractivity contribution >= 4 is 11.3 Å². The molecular weight excluding hydrogens is 202 g/mol. The van der Waals surface area contributed by atoms with E-state index in [0.29, 0.717) is 5.41 Å². The highest BCUT2D eigenvalue weighted by atomic mass is 32.1. The van der Waals surface area contributed by atoms with Crippen LogP contribution in [0.2, 0.25) is 0 Å². The largest absolute Gasteiger partial charge is 0.303 e. The van der Waals surface area contributed by atoms with Crippen molar-refractivity contribution in [2.75, 3.05) is 13.6 Å². The maximum absolute atomic E-state index is 2.56. The molecule has 0 spiro atoms. The molecule has 1 fully saturated rings. The Labute approximate surface area is 96.1 Å². The zero-order chi connectivity index (χ0) is 10.6. The molecule has 2 heteroatoms. The Hall–Kier alpha value is -0.340. The van der Waals surface area contributed by atoms with Crippen molar-refractivity contribution in [3.05, 3.63) is 21.9 Å². The van der Waals surface area contributed by atoms with Gasteiger partial charge in [0.25, 0.3) is 0 Å². The van der Waals surface area contributed by atoms with Crippen LogP contribution in [-0.4, -0.2) is 24.5 Å². The van der Waals surface area contributed by atoms with Crippen molar-refractivity contribution in [3.63, 3.8) is 0 Å². The van der Waals surface area contributed by atoms with Crippen molar-refractivity contribution in [2.45, 2.75) is 38.1 Å². The van der Waals surface area contributed by atoms with Crippen molar-refractivity contribution in [3.8, 4) is 0 Å². The first kappa shape index (κ1) is 9.86. The molecule has 2 heterocycles. The summed E-state index contributed by atoms with van der Waals surface area (Å²) in [7, 11) is 2.29. The van der Waals surface area contributed by atoms with Crippen molar-refractivity contribution in [1.82, 2.24) is 4.90 Å². The molecule has 0 aromatic carbocycles. The zero-order valence-corrected chi connectivity index (χ0v) is 10.6. The maximum atomic E-state index is 2.56. The lowest BCUT2D eigenvalue weighted by Crippen LogP contribution is -2.56. The second-order valence-electron chi connectivity index (χ2n) is 5.48. The van der Waals surface area contributed by atoms with Gasteiger partial charge in [0, 0.05) is 16.3 Å². The SMILES string of the molecule is C[C@H]1C2Cc3ccsc3[C@]1(C)CCN2C. The predicted octanol–water partition coefficient (Wildman–Crippen LogP) is 2.90. The molecule has 1 aromatic rings. The first-order valence-electron chi connectivity index (χ1n) is 5.90. The number of hydrogen-bond donors (Lipinski definition) is 0. The lowest BCUT2D eigenvalue weighted by atomic mass is 9.62. The number of nitrogens with zero attached hydrogens (tertiary/aromatic N) is 1. The lowest BCUT2D eigenvalue weighted by Gasteiger charge is -2.52. The fourth-order valence-electron chi connectivity index (χ4n) is 3.48. The van der Waals surface area contributed by atoms with E-state index in [1.165, 1.54) is 19.4 Å². The van der Waals surface area contributed by atoms with Crippen molar-refractivity contribution < 1.29 is 0 Å². The monoisotopic (exact) mass is 221 g/mol. The molecular formula is C13H19NS. The molecule has 3 atom stereocenters. The number of thiophene rings is 1.